The third kappa shape index (κ3) is 30.7. The number of fused-ring (bicyclic) bond motifs is 3. The SMILES string of the molecule is C.CC1(C)OC(=O)CC(=O)O1.CCOC(OCC)OCC.COc1ccc(Cn2ncc3c(=O)cc[nH]c32)cc1.COc1ccc(Cn2ncc3c(Cl)ccnc32)cc1.COc1ccc(Cn2nccc2N)cc1.COc1ccc(Cn2nccc2NC=C2C(=O)OC(C)(C)OC2=O)cc1.Clc1ccnc2[nH]ncc12.O=P(Cl)(Cl)Cl. The fourth-order valence-electron chi connectivity index (χ4n) is 9.91. The number of hydrogen-bond donors (Lipinski definition) is 4. The van der Waals surface area contributed by atoms with E-state index in [-0.39, 0.29) is 24.8 Å². The normalized spacial score (nSPS) is 12.9. The summed E-state index contributed by atoms with van der Waals surface area (Å²) in [5.41, 5.74) is 12.1. The van der Waals surface area contributed by atoms with Gasteiger partial charge in [0, 0.05) is 84.4 Å². The van der Waals surface area contributed by atoms with Crippen molar-refractivity contribution in [3.63, 3.8) is 0 Å². The number of carbonyl (C=O) groups is 4. The second kappa shape index (κ2) is 45.7. The van der Waals surface area contributed by atoms with Gasteiger partial charge in [-0.1, -0.05) is 79.2 Å². The Morgan fingerprint density at radius 3 is 1.40 bits per heavy atom. The highest BCUT2D eigenvalue weighted by Gasteiger charge is 2.39. The van der Waals surface area contributed by atoms with Gasteiger partial charge in [-0.15, -0.1) is 0 Å². The lowest BCUT2D eigenvalue weighted by Gasteiger charge is -2.29. The first kappa shape index (κ1) is 92.8. The van der Waals surface area contributed by atoms with Crippen LogP contribution in [0.3, 0.4) is 0 Å². The average Bonchev–Trinajstić information content (AvgIpc) is 1.66. The molecule has 2 saturated heterocycles. The molecule has 115 heavy (non-hydrogen) atoms. The van der Waals surface area contributed by atoms with Crippen LogP contribution in [0.5, 0.6) is 23.0 Å². The second-order valence-corrected chi connectivity index (χ2v) is 31.8. The van der Waals surface area contributed by atoms with Crippen molar-refractivity contribution in [2.24, 2.45) is 0 Å². The minimum absolute atomic E-state index is 0. The molecule has 32 nitrogen and oxygen atoms in total. The fourth-order valence-corrected chi connectivity index (χ4v) is 10.3. The maximum absolute atomic E-state index is 12.0. The number of aromatic amines is 2. The zero-order valence-electron chi connectivity index (χ0n) is 63.8. The number of pyridine rings is 3. The van der Waals surface area contributed by atoms with Crippen molar-refractivity contribution in [1.82, 2.24) is 64.3 Å². The van der Waals surface area contributed by atoms with Gasteiger partial charge in [-0.05, 0) is 143 Å². The van der Waals surface area contributed by atoms with Gasteiger partial charge in [0.25, 0.3) is 18.1 Å². The van der Waals surface area contributed by atoms with Crippen molar-refractivity contribution < 1.29 is 75.8 Å². The number of cyclic esters (lactones) is 4. The maximum atomic E-state index is 12.0. The van der Waals surface area contributed by atoms with Crippen LogP contribution in [0.2, 0.25) is 10.0 Å². The smallest absolute Gasteiger partial charge is 0.350 e. The molecule has 0 radical (unpaired) electrons. The molecule has 2 fully saturated rings. The van der Waals surface area contributed by atoms with Crippen LogP contribution in [-0.4, -0.2) is 154 Å². The quantitative estimate of drug-likeness (QED) is 0.0137. The van der Waals surface area contributed by atoms with E-state index in [0.29, 0.717) is 73.1 Å². The summed E-state index contributed by atoms with van der Waals surface area (Å²) < 4.78 is 71.7. The molecule has 2 aliphatic heterocycles. The number of benzene rings is 4. The molecule has 14 rings (SSSR count). The maximum Gasteiger partial charge on any atom is 0.350 e. The molecular formula is C77H89Cl5N15O17P. The van der Waals surface area contributed by atoms with Gasteiger partial charge in [0.15, 0.2) is 22.3 Å². The van der Waals surface area contributed by atoms with Crippen LogP contribution < -0.4 is 35.4 Å². The van der Waals surface area contributed by atoms with Gasteiger partial charge < -0.3 is 68.1 Å². The number of nitrogens with two attached hydrogens (primary N) is 1. The lowest BCUT2D eigenvalue weighted by molar-refractivity contribution is -0.282. The van der Waals surface area contributed by atoms with E-state index in [1.807, 2.05) is 123 Å². The number of hydrogen-bond acceptors (Lipinski definition) is 26. The molecule has 2 aliphatic rings. The van der Waals surface area contributed by atoms with Gasteiger partial charge in [-0.25, -0.2) is 38.3 Å². The van der Waals surface area contributed by atoms with E-state index in [2.05, 4.69) is 94.1 Å². The van der Waals surface area contributed by atoms with E-state index in [1.54, 1.807) is 116 Å². The average molecular weight is 1700 g/mol. The van der Waals surface area contributed by atoms with Gasteiger partial charge in [0.05, 0.1) is 112 Å². The van der Waals surface area contributed by atoms with Crippen LogP contribution in [0, 0.1) is 0 Å². The van der Waals surface area contributed by atoms with E-state index >= 15 is 0 Å². The first-order valence-electron chi connectivity index (χ1n) is 34.6. The van der Waals surface area contributed by atoms with Crippen LogP contribution in [0.15, 0.2) is 194 Å². The van der Waals surface area contributed by atoms with Crippen molar-refractivity contribution in [1.29, 1.82) is 0 Å². The first-order valence-corrected chi connectivity index (χ1v) is 39.8. The van der Waals surface area contributed by atoms with Gasteiger partial charge in [0.1, 0.15) is 46.7 Å². The third-order valence-corrected chi connectivity index (χ3v) is 15.8. The fraction of sp³-hybridized carbons (Fsp3) is 0.299. The van der Waals surface area contributed by atoms with E-state index in [4.69, 9.17) is 71.6 Å². The van der Waals surface area contributed by atoms with Crippen LogP contribution >= 0.6 is 62.1 Å². The summed E-state index contributed by atoms with van der Waals surface area (Å²) in [5.74, 6) is -0.292. The first-order chi connectivity index (χ1) is 54.4. The van der Waals surface area contributed by atoms with Crippen molar-refractivity contribution in [3.05, 3.63) is 231 Å². The molecule has 0 bridgehead atoms. The summed E-state index contributed by atoms with van der Waals surface area (Å²) in [6.45, 7) is 15.6. The second-order valence-electron chi connectivity index (χ2n) is 24.3. The molecule has 12 aromatic rings. The zero-order chi connectivity index (χ0) is 83.0. The van der Waals surface area contributed by atoms with E-state index < -0.39 is 47.1 Å². The van der Waals surface area contributed by atoms with Gasteiger partial charge in [0.2, 0.25) is 0 Å². The Morgan fingerprint density at radius 1 is 0.530 bits per heavy atom. The molecule has 8 aromatic heterocycles. The summed E-state index contributed by atoms with van der Waals surface area (Å²) in [5, 5.41) is 26.8. The molecule has 4 aromatic carbocycles. The molecule has 38 heteroatoms. The summed E-state index contributed by atoms with van der Waals surface area (Å²) in [6.07, 6.45) is 14.3. The Hall–Kier alpha value is -11.1. The largest absolute Gasteiger partial charge is 0.497 e. The van der Waals surface area contributed by atoms with Gasteiger partial charge >= 0.3 is 29.1 Å². The highest BCUT2D eigenvalue weighted by molar-refractivity contribution is 8.24. The van der Waals surface area contributed by atoms with Gasteiger partial charge in [-0.3, -0.25) is 24.0 Å². The van der Waals surface area contributed by atoms with Crippen LogP contribution in [0.25, 0.3) is 33.1 Å². The van der Waals surface area contributed by atoms with Crippen molar-refractivity contribution in [2.45, 2.75) is 107 Å². The number of halogens is 5. The molecule has 0 amide bonds. The zero-order valence-corrected chi connectivity index (χ0v) is 68.5. The molecule has 0 spiro atoms. The lowest BCUT2D eigenvalue weighted by Crippen LogP contribution is -2.42. The molecule has 614 valence electrons. The number of methoxy groups -OCH3 is 4. The van der Waals surface area contributed by atoms with E-state index in [1.165, 1.54) is 40.0 Å². The Kier molecular flexibility index (Phi) is 36.9. The van der Waals surface area contributed by atoms with Crippen molar-refractivity contribution >= 4 is 131 Å². The molecular weight excluding hydrogens is 1620 g/mol. The molecule has 10 heterocycles. The standard InChI is InChI=1S/C18H19N3O5.C14H12ClN3O.C14H13N3O2.C11H13N3O.C7H16O3.C6H4ClN3.C6H8O4.CH4.Cl3OP/c1-18(2)25-16(22)14(17(23)26-18)10-19-15-8-9-20-21(15)11-12-4-6-13(24-3)7-5-12;1-19-11-4-2-10(3-5-11)9-18-14-12(8-17-18)13(15)6-7-16-14;1-19-11-4-2-10(3-5-11)9-17-14-12(8-16-17)13(18)6-7-15-14;1-15-10-4-2-9(3-5-10)8-14-11(12)6-7-13-14;1-4-8-7(9-5-2)10-6-3;7-5-1-2-8-6-4(5)3-9-10-6;1-6(2)9-4(7)3-5(8)10-6;;1-5(2,3)4/h4-10,19H,11H2,1-3H3;2-8H,9H2,1H3;2-8H,9H2,1H3,(H,15,18);2-7H,8,12H2,1H3;7H,4-6H2,1-3H3;1-3H,(H,8,9,10);3H2,1-2H3;1H4;. The van der Waals surface area contributed by atoms with Crippen LogP contribution in [-0.2, 0) is 83.1 Å². The number of H-pyrrole nitrogens is 2. The Bertz CT molecular complexity index is 5130. The lowest BCUT2D eigenvalue weighted by atomic mass is 10.2. The number of esters is 4. The molecule has 0 aliphatic carbocycles. The number of nitrogens with one attached hydrogen (secondary N) is 3. The summed E-state index contributed by atoms with van der Waals surface area (Å²) in [7, 11) is 6.56. The summed E-state index contributed by atoms with van der Waals surface area (Å²) >= 11 is 25.8. The number of aromatic nitrogens is 13. The van der Waals surface area contributed by atoms with Crippen LogP contribution in [0.1, 0.15) is 84.6 Å². The highest BCUT2D eigenvalue weighted by Crippen LogP contribution is 2.61. The van der Waals surface area contributed by atoms with Crippen LogP contribution in [0.4, 0.5) is 11.6 Å². The third-order valence-electron chi connectivity index (χ3n) is 15.2. The van der Waals surface area contributed by atoms with Crippen molar-refractivity contribution in [3.8, 4) is 23.0 Å². The predicted octanol–water partition coefficient (Wildman–Crippen LogP) is 15.2. The summed E-state index contributed by atoms with van der Waals surface area (Å²) in [4.78, 5) is 68.1. The number of anilines is 2. The minimum Gasteiger partial charge on any atom is -0.497 e. The highest BCUT2D eigenvalue weighted by atomic mass is 36.0. The van der Waals surface area contributed by atoms with E-state index in [0.717, 1.165) is 73.0 Å². The Morgan fingerprint density at radius 2 is 0.948 bits per heavy atom. The topological polar surface area (TPSA) is 384 Å². The number of nitrogens with zero attached hydrogens (tertiary/aromatic N) is 11. The van der Waals surface area contributed by atoms with Gasteiger partial charge in [-0.2, -0.15) is 25.5 Å². The molecule has 0 saturated carbocycles. The van der Waals surface area contributed by atoms with Crippen molar-refractivity contribution in [2.75, 3.05) is 59.3 Å². The molecule has 0 unspecified atom stereocenters. The predicted molar refractivity (Wildman–Crippen MR) is 438 cm³/mol. The molecule has 0 atom stereocenters. The minimum atomic E-state index is -3.22. The monoisotopic (exact) mass is 1700 g/mol. The Balaban J connectivity index is 0.000000212. The molecule has 5 N–H and O–H groups in total. The number of nitrogen functional groups attached to an aromatic ring is 1. The Labute approximate surface area is 686 Å². The number of ether oxygens (including phenoxy) is 11. The number of rotatable bonds is 20. The number of carbonyl (C=O) groups excluding carboxylic acids is 4. The summed E-state index contributed by atoms with van der Waals surface area (Å²) in [6, 6.07) is 39.6. The van der Waals surface area contributed by atoms with E-state index in [9.17, 15) is 28.5 Å².